The smallest absolute Gasteiger partial charge is 0.237 e. The van der Waals surface area contributed by atoms with E-state index in [4.69, 9.17) is 0 Å². The van der Waals surface area contributed by atoms with Crippen LogP contribution in [0.5, 0.6) is 0 Å². The summed E-state index contributed by atoms with van der Waals surface area (Å²) in [6.07, 6.45) is 1.15. The molecular weight excluding hydrogens is 348 g/mol. The van der Waals surface area contributed by atoms with Crippen LogP contribution < -0.4 is 4.31 Å². The lowest BCUT2D eigenvalue weighted by Gasteiger charge is -2.23. The molecule has 0 atom stereocenters. The lowest BCUT2D eigenvalue weighted by molar-refractivity contribution is 0.101. The predicted molar refractivity (Wildman–Crippen MR) is 104 cm³/mol. The zero-order valence-electron chi connectivity index (χ0n) is 14.9. The number of para-hydroxylation sites is 1. The number of rotatable bonds is 5. The van der Waals surface area contributed by atoms with Crippen LogP contribution in [0.2, 0.25) is 0 Å². The minimum atomic E-state index is -3.64. The number of hydrogen-bond donors (Lipinski definition) is 1. The first-order valence-electron chi connectivity index (χ1n) is 8.15. The standard InChI is InChI=1S/C20H20N2O3S/c1-14-18(15(2)23)19(16-10-6-4-7-11-16)20(21-14)22(26(3,24)25)17-12-8-5-9-13-17/h4-13,21H,1-3H3. The highest BCUT2D eigenvalue weighted by Gasteiger charge is 2.29. The molecule has 0 unspecified atom stereocenters. The maximum atomic E-state index is 12.6. The van der Waals surface area contributed by atoms with Gasteiger partial charge < -0.3 is 4.98 Å². The third-order valence-corrected chi connectivity index (χ3v) is 5.16. The first kappa shape index (κ1) is 17.9. The summed E-state index contributed by atoms with van der Waals surface area (Å²) in [5.74, 6) is 0.248. The Hall–Kier alpha value is -2.86. The van der Waals surface area contributed by atoms with Gasteiger partial charge in [-0.05, 0) is 31.5 Å². The molecule has 1 aromatic heterocycles. The number of hydrogen-bond acceptors (Lipinski definition) is 3. The zero-order chi connectivity index (χ0) is 18.9. The number of nitrogens with zero attached hydrogens (tertiary/aromatic N) is 1. The highest BCUT2D eigenvalue weighted by molar-refractivity contribution is 7.92. The number of H-pyrrole nitrogens is 1. The van der Waals surface area contributed by atoms with E-state index in [9.17, 15) is 13.2 Å². The monoisotopic (exact) mass is 368 g/mol. The zero-order valence-corrected chi connectivity index (χ0v) is 15.7. The normalized spacial score (nSPS) is 11.3. The second kappa shape index (κ2) is 6.80. The van der Waals surface area contributed by atoms with Crippen molar-refractivity contribution in [3.05, 3.63) is 71.9 Å². The van der Waals surface area contributed by atoms with Crippen molar-refractivity contribution in [3.63, 3.8) is 0 Å². The van der Waals surface area contributed by atoms with Gasteiger partial charge in [0, 0.05) is 16.8 Å². The van der Waals surface area contributed by atoms with Gasteiger partial charge in [0.1, 0.15) is 5.82 Å². The van der Waals surface area contributed by atoms with Gasteiger partial charge >= 0.3 is 0 Å². The molecule has 0 spiro atoms. The van der Waals surface area contributed by atoms with E-state index >= 15 is 0 Å². The van der Waals surface area contributed by atoms with E-state index in [0.29, 0.717) is 28.3 Å². The summed E-state index contributed by atoms with van der Waals surface area (Å²) in [6.45, 7) is 3.26. The number of aromatic amines is 1. The van der Waals surface area contributed by atoms with Gasteiger partial charge in [0.15, 0.2) is 5.78 Å². The molecule has 0 aliphatic carbocycles. The summed E-state index contributed by atoms with van der Waals surface area (Å²) in [6, 6.07) is 18.1. The van der Waals surface area contributed by atoms with Crippen LogP contribution in [0.15, 0.2) is 60.7 Å². The third-order valence-electron chi connectivity index (χ3n) is 4.11. The van der Waals surface area contributed by atoms with Crippen LogP contribution in [0, 0.1) is 6.92 Å². The van der Waals surface area contributed by atoms with Crippen LogP contribution in [0.1, 0.15) is 23.0 Å². The van der Waals surface area contributed by atoms with Gasteiger partial charge in [0.25, 0.3) is 0 Å². The average Bonchev–Trinajstić information content (AvgIpc) is 2.92. The van der Waals surface area contributed by atoms with E-state index in [1.807, 2.05) is 36.4 Å². The summed E-state index contributed by atoms with van der Waals surface area (Å²) in [4.78, 5) is 15.4. The molecule has 0 amide bonds. The van der Waals surface area contributed by atoms with Crippen LogP contribution in [0.25, 0.3) is 11.1 Å². The molecule has 5 nitrogen and oxygen atoms in total. The molecule has 1 heterocycles. The Kier molecular flexibility index (Phi) is 4.70. The maximum Gasteiger partial charge on any atom is 0.237 e. The summed E-state index contributed by atoms with van der Waals surface area (Å²) in [7, 11) is -3.64. The number of anilines is 2. The molecule has 0 fully saturated rings. The van der Waals surface area contributed by atoms with Crippen LogP contribution in [-0.2, 0) is 10.0 Å². The average molecular weight is 368 g/mol. The number of sulfonamides is 1. The number of carbonyl (C=O) groups excluding carboxylic acids is 1. The molecule has 0 aliphatic heterocycles. The molecule has 1 N–H and O–H groups in total. The van der Waals surface area contributed by atoms with E-state index in [-0.39, 0.29) is 5.78 Å². The Morgan fingerprint density at radius 1 is 0.962 bits per heavy atom. The van der Waals surface area contributed by atoms with E-state index in [2.05, 4.69) is 4.98 Å². The Balaban J connectivity index is 2.37. The molecule has 0 saturated heterocycles. The molecule has 134 valence electrons. The van der Waals surface area contributed by atoms with Crippen molar-refractivity contribution >= 4 is 27.3 Å². The fourth-order valence-corrected chi connectivity index (χ4v) is 4.11. The summed E-state index contributed by atoms with van der Waals surface area (Å²) >= 11 is 0. The summed E-state index contributed by atoms with van der Waals surface area (Å²) in [5, 5.41) is 0. The molecule has 0 saturated carbocycles. The van der Waals surface area contributed by atoms with Crippen molar-refractivity contribution < 1.29 is 13.2 Å². The number of nitrogens with one attached hydrogen (secondary N) is 1. The lowest BCUT2D eigenvalue weighted by atomic mass is 9.99. The SMILES string of the molecule is CC(=O)c1c(C)[nH]c(N(c2ccccc2)S(C)(=O)=O)c1-c1ccccc1. The number of ketones is 1. The molecule has 3 aromatic rings. The van der Waals surface area contributed by atoms with E-state index < -0.39 is 10.0 Å². The van der Waals surface area contributed by atoms with E-state index in [1.54, 1.807) is 31.2 Å². The second-order valence-electron chi connectivity index (χ2n) is 6.13. The lowest BCUT2D eigenvalue weighted by Crippen LogP contribution is -2.25. The van der Waals surface area contributed by atoms with Gasteiger partial charge in [0.2, 0.25) is 10.0 Å². The van der Waals surface area contributed by atoms with Gasteiger partial charge in [-0.2, -0.15) is 0 Å². The molecule has 26 heavy (non-hydrogen) atoms. The summed E-state index contributed by atoms with van der Waals surface area (Å²) < 4.78 is 26.5. The minimum absolute atomic E-state index is 0.120. The van der Waals surface area contributed by atoms with Gasteiger partial charge in [-0.3, -0.25) is 4.79 Å². The largest absolute Gasteiger partial charge is 0.343 e. The molecule has 3 rings (SSSR count). The van der Waals surface area contributed by atoms with Crippen LogP contribution in [-0.4, -0.2) is 25.4 Å². The molecule has 0 radical (unpaired) electrons. The third kappa shape index (κ3) is 3.28. The Labute approximate surface area is 153 Å². The molecule has 6 heteroatoms. The van der Waals surface area contributed by atoms with Gasteiger partial charge in [-0.1, -0.05) is 48.5 Å². The number of carbonyl (C=O) groups is 1. The van der Waals surface area contributed by atoms with Crippen LogP contribution >= 0.6 is 0 Å². The Morgan fingerprint density at radius 2 is 1.50 bits per heavy atom. The van der Waals surface area contributed by atoms with Crippen molar-refractivity contribution in [2.24, 2.45) is 0 Å². The second-order valence-corrected chi connectivity index (χ2v) is 7.96. The van der Waals surface area contributed by atoms with Gasteiger partial charge in [0.05, 0.1) is 11.9 Å². The number of aryl methyl sites for hydroxylation is 1. The van der Waals surface area contributed by atoms with Crippen molar-refractivity contribution in [2.75, 3.05) is 10.6 Å². The molecular formula is C20H20N2O3S. The highest BCUT2D eigenvalue weighted by atomic mass is 32.2. The van der Waals surface area contributed by atoms with Gasteiger partial charge in [-0.25, -0.2) is 12.7 Å². The first-order valence-corrected chi connectivity index (χ1v) is 10.00. The van der Waals surface area contributed by atoms with Crippen molar-refractivity contribution in [1.29, 1.82) is 0 Å². The first-order chi connectivity index (χ1) is 12.3. The van der Waals surface area contributed by atoms with Gasteiger partial charge in [-0.15, -0.1) is 0 Å². The van der Waals surface area contributed by atoms with Crippen LogP contribution in [0.4, 0.5) is 11.5 Å². The Bertz CT molecular complexity index is 1040. The topological polar surface area (TPSA) is 70.2 Å². The minimum Gasteiger partial charge on any atom is -0.343 e. The molecule has 2 aromatic carbocycles. The number of Topliss-reactive ketones (excluding diaryl/α,β-unsaturated/α-hetero) is 1. The van der Waals surface area contributed by atoms with Crippen LogP contribution in [0.3, 0.4) is 0 Å². The van der Waals surface area contributed by atoms with E-state index in [1.165, 1.54) is 11.2 Å². The van der Waals surface area contributed by atoms with E-state index in [0.717, 1.165) is 11.8 Å². The fourth-order valence-electron chi connectivity index (χ4n) is 3.14. The van der Waals surface area contributed by atoms with Crippen molar-refractivity contribution in [2.45, 2.75) is 13.8 Å². The molecule has 0 bridgehead atoms. The number of benzene rings is 2. The maximum absolute atomic E-state index is 12.6. The van der Waals surface area contributed by atoms with Crippen molar-refractivity contribution in [1.82, 2.24) is 4.98 Å². The number of aromatic nitrogens is 1. The molecule has 0 aliphatic rings. The highest BCUT2D eigenvalue weighted by Crippen LogP contribution is 2.40. The van der Waals surface area contributed by atoms with Crippen molar-refractivity contribution in [3.8, 4) is 11.1 Å². The quantitative estimate of drug-likeness (QED) is 0.683. The predicted octanol–water partition coefficient (Wildman–Crippen LogP) is 4.29. The summed E-state index contributed by atoms with van der Waals surface area (Å²) in [5.41, 5.74) is 3.00. The Morgan fingerprint density at radius 3 is 2.00 bits per heavy atom. The fraction of sp³-hybridized carbons (Fsp3) is 0.150.